The van der Waals surface area contributed by atoms with E-state index in [2.05, 4.69) is 0 Å². The Morgan fingerprint density at radius 1 is 1.50 bits per heavy atom. The molecular formula is C9H9NO3S. The number of hydrogen-bond acceptors (Lipinski definition) is 4. The lowest BCUT2D eigenvalue weighted by Gasteiger charge is -2.01. The molecule has 74 valence electrons. The molecule has 0 N–H and O–H groups in total. The summed E-state index contributed by atoms with van der Waals surface area (Å²) in [6.07, 6.45) is 0.504. The summed E-state index contributed by atoms with van der Waals surface area (Å²) in [5.41, 5.74) is 0.986. The van der Waals surface area contributed by atoms with E-state index in [9.17, 15) is 10.1 Å². The van der Waals surface area contributed by atoms with Crippen LogP contribution in [0.25, 0.3) is 0 Å². The Morgan fingerprint density at radius 3 is 2.50 bits per heavy atom. The fourth-order valence-corrected chi connectivity index (χ4v) is 1.14. The molecule has 0 aliphatic carbocycles. The summed E-state index contributed by atoms with van der Waals surface area (Å²) in [6, 6.07) is 6.24. The Bertz CT molecular complexity index is 348. The largest absolute Gasteiger partial charge is 0.490 e. The maximum absolute atomic E-state index is 10.3. The predicted molar refractivity (Wildman–Crippen MR) is 56.4 cm³/mol. The van der Waals surface area contributed by atoms with Crippen LogP contribution in [0.3, 0.4) is 0 Å². The van der Waals surface area contributed by atoms with Gasteiger partial charge in [0.15, 0.2) is 5.05 Å². The van der Waals surface area contributed by atoms with E-state index < -0.39 is 4.92 Å². The van der Waals surface area contributed by atoms with Crippen LogP contribution in [-0.2, 0) is 11.2 Å². The first kappa shape index (κ1) is 10.6. The van der Waals surface area contributed by atoms with Gasteiger partial charge in [-0.2, -0.15) is 0 Å². The van der Waals surface area contributed by atoms with Crippen LogP contribution in [0.15, 0.2) is 24.3 Å². The Kier molecular flexibility index (Phi) is 3.53. The number of nitro groups is 1. The van der Waals surface area contributed by atoms with Crippen LogP contribution in [0.2, 0.25) is 0 Å². The molecule has 0 saturated carbocycles. The third kappa shape index (κ3) is 2.77. The van der Waals surface area contributed by atoms with Gasteiger partial charge in [-0.05, 0) is 17.8 Å². The highest BCUT2D eigenvalue weighted by Gasteiger charge is 2.04. The molecule has 0 radical (unpaired) electrons. The van der Waals surface area contributed by atoms with Gasteiger partial charge in [0.2, 0.25) is 0 Å². The summed E-state index contributed by atoms with van der Waals surface area (Å²) in [5, 5.41) is 10.8. The number of rotatable bonds is 3. The van der Waals surface area contributed by atoms with Gasteiger partial charge < -0.3 is 4.74 Å². The highest BCUT2D eigenvalue weighted by molar-refractivity contribution is 7.80. The van der Waals surface area contributed by atoms with Crippen molar-refractivity contribution in [3.05, 3.63) is 39.9 Å². The maximum atomic E-state index is 10.3. The SMILES string of the molecule is COC(=S)Cc1ccc([N+](=O)[O-])cc1. The lowest BCUT2D eigenvalue weighted by atomic mass is 10.1. The topological polar surface area (TPSA) is 52.4 Å². The van der Waals surface area contributed by atoms with Gasteiger partial charge in [0.25, 0.3) is 5.69 Å². The molecule has 0 spiro atoms. The molecular weight excluding hydrogens is 202 g/mol. The van der Waals surface area contributed by atoms with Crippen molar-refractivity contribution in [1.29, 1.82) is 0 Å². The first-order chi connectivity index (χ1) is 6.63. The molecule has 0 aliphatic rings. The molecule has 5 heteroatoms. The summed E-state index contributed by atoms with van der Waals surface area (Å²) < 4.78 is 4.83. The number of non-ortho nitro benzene ring substituents is 1. The zero-order chi connectivity index (χ0) is 10.6. The van der Waals surface area contributed by atoms with E-state index in [-0.39, 0.29) is 5.69 Å². The van der Waals surface area contributed by atoms with E-state index in [1.54, 1.807) is 12.1 Å². The van der Waals surface area contributed by atoms with Gasteiger partial charge in [-0.25, -0.2) is 0 Å². The standard InChI is InChI=1S/C9H9NO3S/c1-13-9(14)6-7-2-4-8(5-3-7)10(11)12/h2-5H,6H2,1H3. The van der Waals surface area contributed by atoms with Crippen LogP contribution in [0.1, 0.15) is 5.56 Å². The van der Waals surface area contributed by atoms with Gasteiger partial charge in [-0.1, -0.05) is 12.1 Å². The molecule has 0 unspecified atom stereocenters. The number of hydrogen-bond donors (Lipinski definition) is 0. The van der Waals surface area contributed by atoms with E-state index in [4.69, 9.17) is 17.0 Å². The fraction of sp³-hybridized carbons (Fsp3) is 0.222. The molecule has 0 saturated heterocycles. The summed E-state index contributed by atoms with van der Waals surface area (Å²) >= 11 is 4.87. The second-order valence-electron chi connectivity index (χ2n) is 2.68. The zero-order valence-electron chi connectivity index (χ0n) is 7.60. The minimum absolute atomic E-state index is 0.0806. The molecule has 0 amide bonds. The monoisotopic (exact) mass is 211 g/mol. The minimum atomic E-state index is -0.432. The first-order valence-corrected chi connectivity index (χ1v) is 4.34. The first-order valence-electron chi connectivity index (χ1n) is 3.93. The summed E-state index contributed by atoms with van der Waals surface area (Å²) in [4.78, 5) is 9.91. The lowest BCUT2D eigenvalue weighted by molar-refractivity contribution is -0.384. The number of ether oxygens (including phenoxy) is 1. The van der Waals surface area contributed by atoms with Crippen molar-refractivity contribution in [2.45, 2.75) is 6.42 Å². The highest BCUT2D eigenvalue weighted by Crippen LogP contribution is 2.12. The smallest absolute Gasteiger partial charge is 0.269 e. The summed E-state index contributed by atoms with van der Waals surface area (Å²) in [7, 11) is 1.51. The van der Waals surface area contributed by atoms with E-state index in [0.29, 0.717) is 11.5 Å². The van der Waals surface area contributed by atoms with Crippen molar-refractivity contribution in [3.63, 3.8) is 0 Å². The predicted octanol–water partition coefficient (Wildman–Crippen LogP) is 2.11. The van der Waals surface area contributed by atoms with E-state index >= 15 is 0 Å². The molecule has 1 rings (SSSR count). The van der Waals surface area contributed by atoms with Gasteiger partial charge in [0, 0.05) is 18.6 Å². The minimum Gasteiger partial charge on any atom is -0.490 e. The average Bonchev–Trinajstić information content (AvgIpc) is 2.18. The third-order valence-corrected chi connectivity index (χ3v) is 2.03. The number of nitrogens with zero attached hydrogens (tertiary/aromatic N) is 1. The van der Waals surface area contributed by atoms with Gasteiger partial charge in [-0.15, -0.1) is 0 Å². The van der Waals surface area contributed by atoms with Crippen molar-refractivity contribution >= 4 is 23.0 Å². The van der Waals surface area contributed by atoms with Crippen LogP contribution in [-0.4, -0.2) is 17.1 Å². The fourth-order valence-electron chi connectivity index (χ4n) is 0.974. The Balaban J connectivity index is 2.73. The number of benzene rings is 1. The van der Waals surface area contributed by atoms with Crippen LogP contribution >= 0.6 is 12.2 Å². The number of nitro benzene ring substituents is 1. The van der Waals surface area contributed by atoms with Crippen molar-refractivity contribution in [2.75, 3.05) is 7.11 Å². The van der Waals surface area contributed by atoms with Crippen LogP contribution in [0, 0.1) is 10.1 Å². The molecule has 0 fully saturated rings. The number of thiocarbonyl (C=S) groups is 1. The van der Waals surface area contributed by atoms with E-state index in [1.165, 1.54) is 19.2 Å². The number of methoxy groups -OCH3 is 1. The van der Waals surface area contributed by atoms with Gasteiger partial charge in [0.05, 0.1) is 12.0 Å². The lowest BCUT2D eigenvalue weighted by Crippen LogP contribution is -2.01. The Labute approximate surface area is 86.7 Å². The summed E-state index contributed by atoms with van der Waals surface area (Å²) in [5.74, 6) is 0. The molecule has 0 aliphatic heterocycles. The molecule has 4 nitrogen and oxygen atoms in total. The Morgan fingerprint density at radius 2 is 2.07 bits per heavy atom. The molecule has 1 aromatic carbocycles. The van der Waals surface area contributed by atoms with E-state index in [1.807, 2.05) is 0 Å². The van der Waals surface area contributed by atoms with Crippen molar-refractivity contribution in [2.24, 2.45) is 0 Å². The molecule has 0 bridgehead atoms. The van der Waals surface area contributed by atoms with Gasteiger partial charge in [0.1, 0.15) is 0 Å². The van der Waals surface area contributed by atoms with Gasteiger partial charge in [-0.3, -0.25) is 10.1 Å². The zero-order valence-corrected chi connectivity index (χ0v) is 8.41. The van der Waals surface area contributed by atoms with Crippen LogP contribution < -0.4 is 0 Å². The quantitative estimate of drug-likeness (QED) is 0.436. The van der Waals surface area contributed by atoms with Gasteiger partial charge >= 0.3 is 0 Å². The second-order valence-corrected chi connectivity index (χ2v) is 3.13. The van der Waals surface area contributed by atoms with Crippen molar-refractivity contribution in [3.8, 4) is 0 Å². The highest BCUT2D eigenvalue weighted by atomic mass is 32.1. The third-order valence-electron chi connectivity index (χ3n) is 1.72. The molecule has 0 aromatic heterocycles. The summed E-state index contributed by atoms with van der Waals surface area (Å²) in [6.45, 7) is 0. The van der Waals surface area contributed by atoms with Crippen molar-refractivity contribution < 1.29 is 9.66 Å². The van der Waals surface area contributed by atoms with E-state index in [0.717, 1.165) is 5.56 Å². The molecule has 0 atom stereocenters. The van der Waals surface area contributed by atoms with Crippen LogP contribution in [0.4, 0.5) is 5.69 Å². The molecule has 14 heavy (non-hydrogen) atoms. The van der Waals surface area contributed by atoms with Crippen molar-refractivity contribution in [1.82, 2.24) is 0 Å². The molecule has 1 aromatic rings. The molecule has 0 heterocycles. The maximum Gasteiger partial charge on any atom is 0.269 e. The van der Waals surface area contributed by atoms with Crippen LogP contribution in [0.5, 0.6) is 0 Å². The second kappa shape index (κ2) is 4.66. The average molecular weight is 211 g/mol. The normalized spacial score (nSPS) is 9.50. The Hall–Kier alpha value is -1.49.